The third kappa shape index (κ3) is 3.88. The molecule has 1 atom stereocenters. The Morgan fingerprint density at radius 2 is 1.81 bits per heavy atom. The number of hydrogen-bond donors (Lipinski definition) is 1. The van der Waals surface area contributed by atoms with Crippen molar-refractivity contribution in [2.45, 2.75) is 46.6 Å². The van der Waals surface area contributed by atoms with E-state index in [1.165, 1.54) is 0 Å². The van der Waals surface area contributed by atoms with E-state index in [1.807, 2.05) is 35.9 Å². The SMILES string of the molecule is Cc1nc(C)n(C(C)C(=O)Nc2cnn(-c3ccc(Cl)cc3)c2C(C)C)n1. The third-order valence-electron chi connectivity index (χ3n) is 4.34. The normalized spacial score (nSPS) is 12.4. The minimum Gasteiger partial charge on any atom is -0.321 e. The summed E-state index contributed by atoms with van der Waals surface area (Å²) in [5.41, 5.74) is 2.50. The van der Waals surface area contributed by atoms with Crippen molar-refractivity contribution >= 4 is 23.2 Å². The highest BCUT2D eigenvalue weighted by Gasteiger charge is 2.22. The summed E-state index contributed by atoms with van der Waals surface area (Å²) >= 11 is 5.98. The summed E-state index contributed by atoms with van der Waals surface area (Å²) in [6.07, 6.45) is 1.67. The molecule has 0 spiro atoms. The number of aryl methyl sites for hydroxylation is 2. The van der Waals surface area contributed by atoms with Crippen molar-refractivity contribution < 1.29 is 4.79 Å². The molecule has 0 aliphatic carbocycles. The zero-order valence-electron chi connectivity index (χ0n) is 16.1. The smallest absolute Gasteiger partial charge is 0.249 e. The first-order chi connectivity index (χ1) is 12.8. The molecule has 2 aromatic heterocycles. The summed E-state index contributed by atoms with van der Waals surface area (Å²) in [4.78, 5) is 17.0. The van der Waals surface area contributed by atoms with Gasteiger partial charge in [-0.1, -0.05) is 25.4 Å². The summed E-state index contributed by atoms with van der Waals surface area (Å²) in [5.74, 6) is 1.34. The van der Waals surface area contributed by atoms with E-state index in [0.717, 1.165) is 11.4 Å². The number of amides is 1. The predicted octanol–water partition coefficient (Wildman–Crippen LogP) is 4.06. The number of carbonyl (C=O) groups excluding carboxylic acids is 1. The van der Waals surface area contributed by atoms with E-state index in [-0.39, 0.29) is 11.8 Å². The molecule has 0 radical (unpaired) electrons. The van der Waals surface area contributed by atoms with Gasteiger partial charge in [0.05, 0.1) is 23.3 Å². The molecular formula is C19H23ClN6O. The number of nitrogens with one attached hydrogen (secondary N) is 1. The molecular weight excluding hydrogens is 364 g/mol. The monoisotopic (exact) mass is 386 g/mol. The van der Waals surface area contributed by atoms with E-state index in [2.05, 4.69) is 34.3 Å². The van der Waals surface area contributed by atoms with Gasteiger partial charge in [0.1, 0.15) is 17.7 Å². The second kappa shape index (κ2) is 7.52. The van der Waals surface area contributed by atoms with Gasteiger partial charge in [-0.15, -0.1) is 0 Å². The van der Waals surface area contributed by atoms with Crippen LogP contribution in [0.25, 0.3) is 5.69 Å². The van der Waals surface area contributed by atoms with Crippen LogP contribution in [0.1, 0.15) is 50.1 Å². The molecule has 3 rings (SSSR count). The first kappa shape index (κ1) is 19.1. The van der Waals surface area contributed by atoms with Crippen LogP contribution in [0.3, 0.4) is 0 Å². The second-order valence-corrected chi connectivity index (χ2v) is 7.24. The predicted molar refractivity (Wildman–Crippen MR) is 105 cm³/mol. The molecule has 1 unspecified atom stereocenters. The van der Waals surface area contributed by atoms with Gasteiger partial charge in [-0.05, 0) is 51.0 Å². The Kier molecular flexibility index (Phi) is 5.32. The number of aromatic nitrogens is 5. The molecule has 0 aliphatic rings. The molecule has 0 aliphatic heterocycles. The van der Waals surface area contributed by atoms with Crippen LogP contribution in [0.2, 0.25) is 5.02 Å². The topological polar surface area (TPSA) is 77.6 Å². The molecule has 8 heteroatoms. The van der Waals surface area contributed by atoms with E-state index < -0.39 is 6.04 Å². The molecule has 0 bridgehead atoms. The Morgan fingerprint density at radius 1 is 1.15 bits per heavy atom. The van der Waals surface area contributed by atoms with Crippen molar-refractivity contribution in [3.63, 3.8) is 0 Å². The lowest BCUT2D eigenvalue weighted by Gasteiger charge is -2.16. The van der Waals surface area contributed by atoms with Gasteiger partial charge in [0.15, 0.2) is 0 Å². The highest BCUT2D eigenvalue weighted by Crippen LogP contribution is 2.28. The Bertz CT molecular complexity index is 957. The van der Waals surface area contributed by atoms with E-state index in [9.17, 15) is 4.79 Å². The van der Waals surface area contributed by atoms with Gasteiger partial charge >= 0.3 is 0 Å². The Balaban J connectivity index is 1.89. The largest absolute Gasteiger partial charge is 0.321 e. The molecule has 0 fully saturated rings. The summed E-state index contributed by atoms with van der Waals surface area (Å²) in [6.45, 7) is 9.57. The lowest BCUT2D eigenvalue weighted by molar-refractivity contribution is -0.119. The fraction of sp³-hybridized carbons (Fsp3) is 0.368. The average molecular weight is 387 g/mol. The summed E-state index contributed by atoms with van der Waals surface area (Å²) < 4.78 is 3.45. The maximum absolute atomic E-state index is 12.8. The highest BCUT2D eigenvalue weighted by atomic mass is 35.5. The molecule has 2 heterocycles. The Labute approximate surface area is 163 Å². The number of nitrogens with zero attached hydrogens (tertiary/aromatic N) is 5. The van der Waals surface area contributed by atoms with Crippen LogP contribution in [0.15, 0.2) is 30.5 Å². The number of carbonyl (C=O) groups is 1. The summed E-state index contributed by atoms with van der Waals surface area (Å²) in [6, 6.07) is 6.95. The first-order valence-electron chi connectivity index (χ1n) is 8.82. The van der Waals surface area contributed by atoms with Crippen molar-refractivity contribution in [2.75, 3.05) is 5.32 Å². The fourth-order valence-corrected chi connectivity index (χ4v) is 3.17. The molecule has 142 valence electrons. The summed E-state index contributed by atoms with van der Waals surface area (Å²) in [5, 5.41) is 12.4. The maximum Gasteiger partial charge on any atom is 0.249 e. The highest BCUT2D eigenvalue weighted by molar-refractivity contribution is 6.30. The molecule has 1 amide bonds. The Morgan fingerprint density at radius 3 is 2.37 bits per heavy atom. The fourth-order valence-electron chi connectivity index (χ4n) is 3.05. The number of hydrogen-bond acceptors (Lipinski definition) is 4. The van der Waals surface area contributed by atoms with E-state index in [0.29, 0.717) is 22.4 Å². The number of benzene rings is 1. The second-order valence-electron chi connectivity index (χ2n) is 6.80. The molecule has 0 saturated carbocycles. The van der Waals surface area contributed by atoms with Crippen LogP contribution < -0.4 is 5.32 Å². The lowest BCUT2D eigenvalue weighted by Crippen LogP contribution is -2.25. The molecule has 7 nitrogen and oxygen atoms in total. The molecule has 27 heavy (non-hydrogen) atoms. The number of anilines is 1. The van der Waals surface area contributed by atoms with Gasteiger partial charge in [0.25, 0.3) is 0 Å². The zero-order valence-corrected chi connectivity index (χ0v) is 16.8. The molecule has 0 saturated heterocycles. The molecule has 1 N–H and O–H groups in total. The Hall–Kier alpha value is -2.67. The van der Waals surface area contributed by atoms with Gasteiger partial charge in [0, 0.05) is 5.02 Å². The number of rotatable bonds is 5. The molecule has 1 aromatic carbocycles. The van der Waals surface area contributed by atoms with Crippen molar-refractivity contribution in [3.05, 3.63) is 52.8 Å². The van der Waals surface area contributed by atoms with Crippen LogP contribution in [0, 0.1) is 13.8 Å². The van der Waals surface area contributed by atoms with Crippen molar-refractivity contribution in [1.82, 2.24) is 24.5 Å². The standard InChI is InChI=1S/C19H23ClN6O/c1-11(2)18-17(10-21-26(18)16-8-6-15(20)7-9-16)23-19(27)12(3)25-14(5)22-13(4)24-25/h6-12H,1-5H3,(H,23,27). The minimum absolute atomic E-state index is 0.157. The van der Waals surface area contributed by atoms with Crippen LogP contribution in [0.4, 0.5) is 5.69 Å². The first-order valence-corrected chi connectivity index (χ1v) is 9.20. The van der Waals surface area contributed by atoms with Crippen molar-refractivity contribution in [3.8, 4) is 5.69 Å². The van der Waals surface area contributed by atoms with Crippen LogP contribution in [-0.4, -0.2) is 30.5 Å². The van der Waals surface area contributed by atoms with Gasteiger partial charge in [-0.2, -0.15) is 10.2 Å². The van der Waals surface area contributed by atoms with Gasteiger partial charge < -0.3 is 5.32 Å². The number of halogens is 1. The van der Waals surface area contributed by atoms with Gasteiger partial charge in [0.2, 0.25) is 5.91 Å². The van der Waals surface area contributed by atoms with Gasteiger partial charge in [-0.3, -0.25) is 4.79 Å². The van der Waals surface area contributed by atoms with Gasteiger partial charge in [-0.25, -0.2) is 14.3 Å². The average Bonchev–Trinajstić information content (AvgIpc) is 3.17. The zero-order chi connectivity index (χ0) is 19.7. The maximum atomic E-state index is 12.8. The molecule has 3 aromatic rings. The van der Waals surface area contributed by atoms with Crippen molar-refractivity contribution in [2.24, 2.45) is 0 Å². The van der Waals surface area contributed by atoms with E-state index in [4.69, 9.17) is 11.6 Å². The summed E-state index contributed by atoms with van der Waals surface area (Å²) in [7, 11) is 0. The van der Waals surface area contributed by atoms with Crippen LogP contribution in [0.5, 0.6) is 0 Å². The van der Waals surface area contributed by atoms with Crippen LogP contribution >= 0.6 is 11.6 Å². The lowest BCUT2D eigenvalue weighted by atomic mass is 10.1. The van der Waals surface area contributed by atoms with E-state index in [1.54, 1.807) is 24.7 Å². The minimum atomic E-state index is -0.481. The van der Waals surface area contributed by atoms with E-state index >= 15 is 0 Å². The third-order valence-corrected chi connectivity index (χ3v) is 4.59. The van der Waals surface area contributed by atoms with Crippen molar-refractivity contribution in [1.29, 1.82) is 0 Å². The van der Waals surface area contributed by atoms with Crippen LogP contribution in [-0.2, 0) is 4.79 Å². The quantitative estimate of drug-likeness (QED) is 0.717.